The third-order valence-electron chi connectivity index (χ3n) is 4.04. The Bertz CT molecular complexity index is 657. The van der Waals surface area contributed by atoms with Crippen molar-refractivity contribution in [2.24, 2.45) is 18.7 Å². The molecule has 4 heteroatoms. The Labute approximate surface area is 112 Å². The number of amides is 1. The number of rotatable bonds is 3. The van der Waals surface area contributed by atoms with Crippen LogP contribution in [0.2, 0.25) is 0 Å². The number of carbonyl (C=O) groups excluding carboxylic acids is 1. The highest BCUT2D eigenvalue weighted by Crippen LogP contribution is 2.28. The number of hydrogen-bond donors (Lipinski definition) is 2. The van der Waals surface area contributed by atoms with E-state index in [1.807, 2.05) is 6.92 Å². The van der Waals surface area contributed by atoms with Gasteiger partial charge in [-0.3, -0.25) is 4.79 Å². The van der Waals surface area contributed by atoms with Crippen LogP contribution in [0.1, 0.15) is 23.6 Å². The first-order chi connectivity index (χ1) is 9.06. The SMILES string of the molecule is CC(Cc1cn(C)c2cc3c(cc12)CNC3)C(N)=O. The number of nitrogens with two attached hydrogens (primary N) is 1. The van der Waals surface area contributed by atoms with Crippen molar-refractivity contribution in [3.8, 4) is 0 Å². The molecule has 3 N–H and O–H groups in total. The van der Waals surface area contributed by atoms with Crippen LogP contribution >= 0.6 is 0 Å². The summed E-state index contributed by atoms with van der Waals surface area (Å²) in [5.41, 5.74) is 10.6. The molecule has 0 bridgehead atoms. The molecule has 4 nitrogen and oxygen atoms in total. The number of nitrogens with one attached hydrogen (secondary N) is 1. The monoisotopic (exact) mass is 257 g/mol. The number of aromatic nitrogens is 1. The van der Waals surface area contributed by atoms with E-state index in [0.29, 0.717) is 6.42 Å². The Morgan fingerprint density at radius 2 is 2.11 bits per heavy atom. The highest BCUT2D eigenvalue weighted by Gasteiger charge is 2.17. The van der Waals surface area contributed by atoms with Crippen LogP contribution in [0.25, 0.3) is 10.9 Å². The largest absolute Gasteiger partial charge is 0.369 e. The average molecular weight is 257 g/mol. The molecule has 0 spiro atoms. The van der Waals surface area contributed by atoms with Crippen LogP contribution in [0.5, 0.6) is 0 Å². The van der Waals surface area contributed by atoms with Crippen LogP contribution in [0.15, 0.2) is 18.3 Å². The summed E-state index contributed by atoms with van der Waals surface area (Å²) in [5.74, 6) is -0.364. The third-order valence-corrected chi connectivity index (χ3v) is 4.04. The summed E-state index contributed by atoms with van der Waals surface area (Å²) in [4.78, 5) is 11.2. The molecule has 1 aliphatic rings. The van der Waals surface area contributed by atoms with Gasteiger partial charge in [0, 0.05) is 43.2 Å². The molecular formula is C15H19N3O. The van der Waals surface area contributed by atoms with Gasteiger partial charge >= 0.3 is 0 Å². The van der Waals surface area contributed by atoms with E-state index in [9.17, 15) is 4.79 Å². The summed E-state index contributed by atoms with van der Waals surface area (Å²) in [7, 11) is 2.05. The fourth-order valence-corrected chi connectivity index (χ4v) is 2.85. The van der Waals surface area contributed by atoms with Gasteiger partial charge in [0.25, 0.3) is 0 Å². The van der Waals surface area contributed by atoms with E-state index in [1.165, 1.54) is 27.6 Å². The van der Waals surface area contributed by atoms with Gasteiger partial charge in [-0.05, 0) is 35.2 Å². The Hall–Kier alpha value is -1.81. The predicted molar refractivity (Wildman–Crippen MR) is 75.5 cm³/mol. The van der Waals surface area contributed by atoms with Gasteiger partial charge in [0.05, 0.1) is 0 Å². The molecule has 2 heterocycles. The van der Waals surface area contributed by atoms with Crippen LogP contribution in [0.3, 0.4) is 0 Å². The van der Waals surface area contributed by atoms with Crippen LogP contribution in [-0.4, -0.2) is 10.5 Å². The van der Waals surface area contributed by atoms with E-state index in [1.54, 1.807) is 0 Å². The van der Waals surface area contributed by atoms with E-state index in [-0.39, 0.29) is 11.8 Å². The molecule has 19 heavy (non-hydrogen) atoms. The standard InChI is InChI=1S/C15H19N3O/c1-9(15(16)19)3-12-8-18(2)14-5-11-7-17-6-10(11)4-13(12)14/h4-5,8-9,17H,3,6-7H2,1-2H3,(H2,16,19). The minimum absolute atomic E-state index is 0.128. The first-order valence-corrected chi connectivity index (χ1v) is 6.66. The number of benzene rings is 1. The Kier molecular flexibility index (Phi) is 2.82. The van der Waals surface area contributed by atoms with E-state index in [2.05, 4.69) is 35.3 Å². The Morgan fingerprint density at radius 1 is 1.42 bits per heavy atom. The number of hydrogen-bond acceptors (Lipinski definition) is 2. The number of primary amides is 1. The maximum Gasteiger partial charge on any atom is 0.220 e. The van der Waals surface area contributed by atoms with E-state index < -0.39 is 0 Å². The van der Waals surface area contributed by atoms with Gasteiger partial charge in [0.2, 0.25) is 5.91 Å². The van der Waals surface area contributed by atoms with Gasteiger partial charge in [-0.2, -0.15) is 0 Å². The Balaban J connectivity index is 2.08. The minimum atomic E-state index is -0.236. The lowest BCUT2D eigenvalue weighted by Crippen LogP contribution is -2.22. The summed E-state index contributed by atoms with van der Waals surface area (Å²) < 4.78 is 2.14. The molecule has 1 atom stereocenters. The lowest BCUT2D eigenvalue weighted by atomic mass is 9.98. The quantitative estimate of drug-likeness (QED) is 0.874. The van der Waals surface area contributed by atoms with Crippen molar-refractivity contribution in [2.45, 2.75) is 26.4 Å². The van der Waals surface area contributed by atoms with Crippen molar-refractivity contribution in [3.63, 3.8) is 0 Å². The second-order valence-corrected chi connectivity index (χ2v) is 5.51. The second-order valence-electron chi connectivity index (χ2n) is 5.51. The van der Waals surface area contributed by atoms with Gasteiger partial charge in [0.15, 0.2) is 0 Å². The molecule has 1 amide bonds. The molecule has 1 aromatic carbocycles. The number of aryl methyl sites for hydroxylation is 1. The van der Waals surface area contributed by atoms with Crippen molar-refractivity contribution in [1.29, 1.82) is 0 Å². The lowest BCUT2D eigenvalue weighted by molar-refractivity contribution is -0.121. The van der Waals surface area contributed by atoms with Crippen molar-refractivity contribution in [3.05, 3.63) is 35.0 Å². The fraction of sp³-hybridized carbons (Fsp3) is 0.400. The summed E-state index contributed by atoms with van der Waals surface area (Å²) in [6, 6.07) is 4.51. The zero-order valence-electron chi connectivity index (χ0n) is 11.4. The molecule has 0 saturated carbocycles. The number of carbonyl (C=O) groups is 1. The predicted octanol–water partition coefficient (Wildman–Crippen LogP) is 1.45. The molecule has 0 fully saturated rings. The van der Waals surface area contributed by atoms with E-state index in [4.69, 9.17) is 5.73 Å². The molecule has 100 valence electrons. The molecule has 0 radical (unpaired) electrons. The highest BCUT2D eigenvalue weighted by atomic mass is 16.1. The van der Waals surface area contributed by atoms with Gasteiger partial charge in [0.1, 0.15) is 0 Å². The summed E-state index contributed by atoms with van der Waals surface area (Å²) in [5, 5.41) is 4.62. The molecular weight excluding hydrogens is 238 g/mol. The summed E-state index contributed by atoms with van der Waals surface area (Å²) in [6.07, 6.45) is 2.82. The van der Waals surface area contributed by atoms with Gasteiger partial charge < -0.3 is 15.6 Å². The van der Waals surface area contributed by atoms with Crippen LogP contribution in [0.4, 0.5) is 0 Å². The number of fused-ring (bicyclic) bond motifs is 2. The molecule has 0 saturated heterocycles. The van der Waals surface area contributed by atoms with Crippen molar-refractivity contribution in [1.82, 2.24) is 9.88 Å². The first kappa shape index (κ1) is 12.2. The summed E-state index contributed by atoms with van der Waals surface area (Å²) in [6.45, 7) is 3.77. The first-order valence-electron chi connectivity index (χ1n) is 6.66. The third kappa shape index (κ3) is 2.02. The van der Waals surface area contributed by atoms with Crippen molar-refractivity contribution in [2.75, 3.05) is 0 Å². The van der Waals surface area contributed by atoms with Crippen LogP contribution in [0, 0.1) is 5.92 Å². The molecule has 1 unspecified atom stereocenters. The van der Waals surface area contributed by atoms with Gasteiger partial charge in [-0.1, -0.05) is 6.92 Å². The maximum absolute atomic E-state index is 11.2. The van der Waals surface area contributed by atoms with E-state index >= 15 is 0 Å². The fourth-order valence-electron chi connectivity index (χ4n) is 2.85. The molecule has 2 aromatic rings. The average Bonchev–Trinajstić information content (AvgIpc) is 2.93. The molecule has 0 aliphatic carbocycles. The van der Waals surface area contributed by atoms with Gasteiger partial charge in [-0.15, -0.1) is 0 Å². The normalized spacial score (nSPS) is 15.7. The molecule has 1 aliphatic heterocycles. The Morgan fingerprint density at radius 3 is 2.79 bits per heavy atom. The van der Waals surface area contributed by atoms with Crippen LogP contribution < -0.4 is 11.1 Å². The zero-order chi connectivity index (χ0) is 13.6. The van der Waals surface area contributed by atoms with Crippen molar-refractivity contribution < 1.29 is 4.79 Å². The maximum atomic E-state index is 11.2. The molecule has 1 aromatic heterocycles. The van der Waals surface area contributed by atoms with Crippen LogP contribution in [-0.2, 0) is 31.4 Å². The second kappa shape index (κ2) is 4.38. The van der Waals surface area contributed by atoms with E-state index in [0.717, 1.165) is 13.1 Å². The topological polar surface area (TPSA) is 60.1 Å². The highest BCUT2D eigenvalue weighted by molar-refractivity contribution is 5.86. The van der Waals surface area contributed by atoms with Gasteiger partial charge in [-0.25, -0.2) is 0 Å². The number of nitrogens with zero attached hydrogens (tertiary/aromatic N) is 1. The lowest BCUT2D eigenvalue weighted by Gasteiger charge is -2.06. The zero-order valence-corrected chi connectivity index (χ0v) is 11.4. The smallest absolute Gasteiger partial charge is 0.220 e. The summed E-state index contributed by atoms with van der Waals surface area (Å²) >= 11 is 0. The molecule has 3 rings (SSSR count). The van der Waals surface area contributed by atoms with Crippen molar-refractivity contribution >= 4 is 16.8 Å². The minimum Gasteiger partial charge on any atom is -0.369 e.